The molecular formula is C19H15N5O. The van der Waals surface area contributed by atoms with E-state index in [1.54, 1.807) is 28.7 Å². The van der Waals surface area contributed by atoms with Crippen LogP contribution in [-0.2, 0) is 4.79 Å². The van der Waals surface area contributed by atoms with Crippen LogP contribution in [0.1, 0.15) is 5.82 Å². The minimum absolute atomic E-state index is 0.149. The van der Waals surface area contributed by atoms with Crippen molar-refractivity contribution in [3.05, 3.63) is 72.7 Å². The molecule has 6 heteroatoms. The topological polar surface area (TPSA) is 63.4 Å². The fourth-order valence-electron chi connectivity index (χ4n) is 2.65. The van der Waals surface area contributed by atoms with E-state index >= 15 is 0 Å². The van der Waals surface area contributed by atoms with Gasteiger partial charge in [-0.3, -0.25) is 4.79 Å². The van der Waals surface area contributed by atoms with E-state index in [4.69, 9.17) is 0 Å². The monoisotopic (exact) mass is 329 g/mol. The molecule has 4 aromatic rings. The van der Waals surface area contributed by atoms with Gasteiger partial charge in [0.1, 0.15) is 0 Å². The number of hydrogen-bond donors (Lipinski definition) is 0. The number of nitrogens with zero attached hydrogens (tertiary/aromatic N) is 5. The lowest BCUT2D eigenvalue weighted by atomic mass is 10.2. The third kappa shape index (κ3) is 2.74. The van der Waals surface area contributed by atoms with E-state index < -0.39 is 0 Å². The number of rotatable bonds is 3. The largest absolute Gasteiger partial charge is 0.312 e. The first-order valence-corrected chi connectivity index (χ1v) is 7.84. The van der Waals surface area contributed by atoms with Gasteiger partial charge in [0, 0.05) is 29.6 Å². The number of aromatic nitrogens is 4. The Balaban J connectivity index is 1.65. The van der Waals surface area contributed by atoms with Crippen LogP contribution < -0.4 is 4.90 Å². The van der Waals surface area contributed by atoms with Crippen molar-refractivity contribution in [2.45, 2.75) is 0 Å². The zero-order valence-corrected chi connectivity index (χ0v) is 13.6. The highest BCUT2D eigenvalue weighted by Crippen LogP contribution is 2.18. The first kappa shape index (κ1) is 15.0. The van der Waals surface area contributed by atoms with E-state index in [0.29, 0.717) is 11.5 Å². The molecule has 0 radical (unpaired) electrons. The summed E-state index contributed by atoms with van der Waals surface area (Å²) in [7, 11) is 1.73. The Hall–Kier alpha value is -3.54. The van der Waals surface area contributed by atoms with Gasteiger partial charge in [-0.05, 0) is 18.2 Å². The number of amides is 1. The molecule has 0 unspecified atom stereocenters. The number of benzene rings is 2. The molecule has 0 aliphatic rings. The highest BCUT2D eigenvalue weighted by atomic mass is 16.2. The molecule has 0 bridgehead atoms. The van der Waals surface area contributed by atoms with Crippen LogP contribution in [-0.4, -0.2) is 32.8 Å². The van der Waals surface area contributed by atoms with Crippen molar-refractivity contribution in [2.75, 3.05) is 11.9 Å². The van der Waals surface area contributed by atoms with Crippen LogP contribution in [0.15, 0.2) is 66.9 Å². The highest BCUT2D eigenvalue weighted by Gasteiger charge is 2.10. The van der Waals surface area contributed by atoms with Crippen LogP contribution in [0, 0.1) is 0 Å². The predicted octanol–water partition coefficient (Wildman–Crippen LogP) is 2.95. The molecule has 2 aromatic heterocycles. The lowest BCUT2D eigenvalue weighted by Gasteiger charge is -2.14. The molecule has 0 saturated heterocycles. The lowest BCUT2D eigenvalue weighted by molar-refractivity contribution is -0.113. The average molecular weight is 329 g/mol. The normalized spacial score (nSPS) is 11.4. The van der Waals surface area contributed by atoms with E-state index in [2.05, 4.69) is 15.3 Å². The van der Waals surface area contributed by atoms with Crippen molar-refractivity contribution in [3.63, 3.8) is 0 Å². The van der Waals surface area contributed by atoms with Gasteiger partial charge in [-0.25, -0.2) is 0 Å². The van der Waals surface area contributed by atoms with Crippen LogP contribution in [0.25, 0.3) is 22.5 Å². The minimum Gasteiger partial charge on any atom is -0.312 e. The molecule has 122 valence electrons. The van der Waals surface area contributed by atoms with Crippen molar-refractivity contribution >= 4 is 34.1 Å². The second kappa shape index (κ2) is 6.16. The number of carbonyl (C=O) groups excluding carboxylic acids is 1. The van der Waals surface area contributed by atoms with Crippen LogP contribution in [0.4, 0.5) is 5.69 Å². The summed E-state index contributed by atoms with van der Waals surface area (Å²) in [5, 5.41) is 14.7. The maximum absolute atomic E-state index is 12.3. The van der Waals surface area contributed by atoms with Gasteiger partial charge in [0.25, 0.3) is 5.91 Å². The molecule has 0 spiro atoms. The Bertz CT molecular complexity index is 1080. The molecule has 0 aliphatic carbocycles. The second-order valence-electron chi connectivity index (χ2n) is 5.59. The fourth-order valence-corrected chi connectivity index (χ4v) is 2.65. The average Bonchev–Trinajstić information content (AvgIpc) is 3.09. The molecule has 0 fully saturated rings. The first-order valence-electron chi connectivity index (χ1n) is 7.84. The van der Waals surface area contributed by atoms with Crippen LogP contribution >= 0.6 is 0 Å². The molecule has 0 aliphatic heterocycles. The van der Waals surface area contributed by atoms with Crippen LogP contribution in [0.3, 0.4) is 0 Å². The predicted molar refractivity (Wildman–Crippen MR) is 97.2 cm³/mol. The Morgan fingerprint density at radius 1 is 1.04 bits per heavy atom. The number of carbonyl (C=O) groups is 1. The maximum atomic E-state index is 12.3. The van der Waals surface area contributed by atoms with Gasteiger partial charge in [0.05, 0.1) is 6.20 Å². The number of para-hydroxylation sites is 1. The maximum Gasteiger partial charge on any atom is 0.250 e. The quantitative estimate of drug-likeness (QED) is 0.542. The zero-order valence-electron chi connectivity index (χ0n) is 13.6. The summed E-state index contributed by atoms with van der Waals surface area (Å²) < 4.78 is 1.63. The van der Waals surface area contributed by atoms with E-state index in [0.717, 1.165) is 16.5 Å². The number of hydrogen-bond acceptors (Lipinski definition) is 4. The van der Waals surface area contributed by atoms with Crippen LogP contribution in [0.2, 0.25) is 0 Å². The second-order valence-corrected chi connectivity index (χ2v) is 5.59. The molecule has 0 atom stereocenters. The van der Waals surface area contributed by atoms with Crippen molar-refractivity contribution in [1.29, 1.82) is 0 Å². The van der Waals surface area contributed by atoms with E-state index in [9.17, 15) is 4.79 Å². The van der Waals surface area contributed by atoms with Crippen molar-refractivity contribution in [2.24, 2.45) is 0 Å². The molecule has 2 aromatic carbocycles. The zero-order chi connectivity index (χ0) is 17.2. The molecule has 4 rings (SSSR count). The van der Waals surface area contributed by atoms with Crippen LogP contribution in [0.5, 0.6) is 0 Å². The summed E-state index contributed by atoms with van der Waals surface area (Å²) in [6.45, 7) is 0. The van der Waals surface area contributed by atoms with E-state index in [1.165, 1.54) is 6.08 Å². The Kier molecular flexibility index (Phi) is 3.70. The van der Waals surface area contributed by atoms with Crippen molar-refractivity contribution in [3.8, 4) is 0 Å². The van der Waals surface area contributed by atoms with Crippen molar-refractivity contribution < 1.29 is 4.79 Å². The Morgan fingerprint density at radius 2 is 1.80 bits per heavy atom. The van der Waals surface area contributed by atoms with E-state index in [-0.39, 0.29) is 5.91 Å². The van der Waals surface area contributed by atoms with Gasteiger partial charge < -0.3 is 4.90 Å². The molecule has 0 N–H and O–H groups in total. The Morgan fingerprint density at radius 3 is 2.64 bits per heavy atom. The third-order valence-electron chi connectivity index (χ3n) is 4.03. The molecule has 0 saturated carbocycles. The summed E-state index contributed by atoms with van der Waals surface area (Å²) in [6, 6.07) is 17.3. The van der Waals surface area contributed by atoms with Gasteiger partial charge in [-0.15, -0.1) is 10.2 Å². The third-order valence-corrected chi connectivity index (χ3v) is 4.03. The van der Waals surface area contributed by atoms with Crippen molar-refractivity contribution in [1.82, 2.24) is 19.8 Å². The molecule has 25 heavy (non-hydrogen) atoms. The fraction of sp³-hybridized carbons (Fsp3) is 0.0526. The SMILES string of the molecule is CN(C(=O)C=Cc1nnc2c3ccccc3cnn12)c1ccccc1. The summed E-state index contributed by atoms with van der Waals surface area (Å²) >= 11 is 0. The van der Waals surface area contributed by atoms with Gasteiger partial charge in [0.2, 0.25) is 0 Å². The highest BCUT2D eigenvalue weighted by molar-refractivity contribution is 6.03. The Labute approximate surface area is 144 Å². The number of likely N-dealkylation sites (N-methyl/N-ethyl adjacent to an activating group) is 1. The van der Waals surface area contributed by atoms with Gasteiger partial charge in [0.15, 0.2) is 11.5 Å². The number of fused-ring (bicyclic) bond motifs is 3. The smallest absolute Gasteiger partial charge is 0.250 e. The standard InChI is InChI=1S/C19H15N5O/c1-23(15-8-3-2-4-9-15)18(25)12-11-17-21-22-19-16-10-6-5-7-14(16)13-20-24(17)19/h2-13H,1H3. The summed E-state index contributed by atoms with van der Waals surface area (Å²) in [5.41, 5.74) is 1.49. The molecule has 6 nitrogen and oxygen atoms in total. The molecule has 1 amide bonds. The summed E-state index contributed by atoms with van der Waals surface area (Å²) in [5.74, 6) is 0.360. The lowest BCUT2D eigenvalue weighted by Crippen LogP contribution is -2.23. The first-order chi connectivity index (χ1) is 12.2. The van der Waals surface area contributed by atoms with Gasteiger partial charge >= 0.3 is 0 Å². The molecular weight excluding hydrogens is 314 g/mol. The minimum atomic E-state index is -0.149. The van der Waals surface area contributed by atoms with E-state index in [1.807, 2.05) is 54.6 Å². The summed E-state index contributed by atoms with van der Waals surface area (Å²) in [4.78, 5) is 13.9. The van der Waals surface area contributed by atoms with Gasteiger partial charge in [-0.1, -0.05) is 42.5 Å². The van der Waals surface area contributed by atoms with Gasteiger partial charge in [-0.2, -0.15) is 9.61 Å². The number of anilines is 1. The molecule has 2 heterocycles. The summed E-state index contributed by atoms with van der Waals surface area (Å²) in [6.07, 6.45) is 4.87.